The first-order valence-corrected chi connectivity index (χ1v) is 13.2. The Morgan fingerprint density at radius 3 is 2.19 bits per heavy atom. The number of aromatic hydroxyl groups is 1. The van der Waals surface area contributed by atoms with E-state index in [-0.39, 0.29) is 22.5 Å². The minimum atomic E-state index is -0.249. The average molecular weight is 528 g/mol. The van der Waals surface area contributed by atoms with Crippen molar-refractivity contribution in [3.05, 3.63) is 58.1 Å². The van der Waals surface area contributed by atoms with Crippen LogP contribution >= 0.6 is 23.4 Å². The van der Waals surface area contributed by atoms with Gasteiger partial charge in [0.2, 0.25) is 0 Å². The molecule has 0 aliphatic rings. The molecule has 1 heterocycles. The van der Waals surface area contributed by atoms with Crippen LogP contribution in [0.1, 0.15) is 65.2 Å². The predicted molar refractivity (Wildman–Crippen MR) is 148 cm³/mol. The van der Waals surface area contributed by atoms with Gasteiger partial charge in [0, 0.05) is 28.3 Å². The summed E-state index contributed by atoms with van der Waals surface area (Å²) in [5.74, 6) is 0.935. The Bertz CT molecular complexity index is 1220. The van der Waals surface area contributed by atoms with Gasteiger partial charge in [-0.25, -0.2) is 5.43 Å². The third-order valence-electron chi connectivity index (χ3n) is 5.62. The summed E-state index contributed by atoms with van der Waals surface area (Å²) in [5, 5.41) is 24.9. The van der Waals surface area contributed by atoms with E-state index in [0.29, 0.717) is 22.5 Å². The van der Waals surface area contributed by atoms with Crippen molar-refractivity contribution >= 4 is 35.5 Å². The molecule has 0 fully saturated rings. The number of phenols is 1. The number of rotatable bonds is 7. The van der Waals surface area contributed by atoms with Gasteiger partial charge in [-0.1, -0.05) is 64.9 Å². The summed E-state index contributed by atoms with van der Waals surface area (Å²) in [7, 11) is 0. The smallest absolute Gasteiger partial charge is 0.250 e. The molecule has 3 rings (SSSR count). The third kappa shape index (κ3) is 6.68. The van der Waals surface area contributed by atoms with E-state index >= 15 is 0 Å². The molecule has 0 saturated carbocycles. The van der Waals surface area contributed by atoms with Crippen molar-refractivity contribution in [3.63, 3.8) is 0 Å². The van der Waals surface area contributed by atoms with Gasteiger partial charge in [0.1, 0.15) is 5.75 Å². The van der Waals surface area contributed by atoms with Gasteiger partial charge in [-0.2, -0.15) is 5.10 Å². The van der Waals surface area contributed by atoms with E-state index in [4.69, 9.17) is 11.6 Å². The molecule has 36 heavy (non-hydrogen) atoms. The van der Waals surface area contributed by atoms with E-state index in [0.717, 1.165) is 28.1 Å². The molecule has 0 aliphatic carbocycles. The standard InChI is InChI=1S/C27H34ClN5O2S/c1-8-33-24(18-9-11-19(28)12-10-18)31-32-25(33)36-16-22(34)30-29-15-17-13-20(26(2,3)4)23(35)21(14-17)27(5,6)7/h9-15,35H,8,16H2,1-7H3,(H,30,34). The van der Waals surface area contributed by atoms with Crippen molar-refractivity contribution in [1.29, 1.82) is 0 Å². The highest BCUT2D eigenvalue weighted by atomic mass is 35.5. The van der Waals surface area contributed by atoms with Crippen molar-refractivity contribution in [3.8, 4) is 17.1 Å². The van der Waals surface area contributed by atoms with Gasteiger partial charge in [-0.05, 0) is 59.7 Å². The molecule has 2 N–H and O–H groups in total. The molecule has 0 aliphatic heterocycles. The zero-order valence-corrected chi connectivity index (χ0v) is 23.5. The highest BCUT2D eigenvalue weighted by molar-refractivity contribution is 7.99. The van der Waals surface area contributed by atoms with Crippen LogP contribution in [-0.2, 0) is 22.2 Å². The van der Waals surface area contributed by atoms with Crippen LogP contribution in [0, 0.1) is 0 Å². The van der Waals surface area contributed by atoms with Gasteiger partial charge in [-0.3, -0.25) is 4.79 Å². The number of aromatic nitrogens is 3. The first-order chi connectivity index (χ1) is 16.8. The molecule has 0 saturated heterocycles. The van der Waals surface area contributed by atoms with Crippen molar-refractivity contribution in [2.24, 2.45) is 5.10 Å². The Balaban J connectivity index is 1.69. The number of carbonyl (C=O) groups excluding carboxylic acids is 1. The average Bonchev–Trinajstić information content (AvgIpc) is 3.20. The molecule has 2 aromatic carbocycles. The van der Waals surface area contributed by atoms with Crippen LogP contribution in [0.3, 0.4) is 0 Å². The summed E-state index contributed by atoms with van der Waals surface area (Å²) in [4.78, 5) is 12.5. The van der Waals surface area contributed by atoms with Gasteiger partial charge in [0.05, 0.1) is 12.0 Å². The van der Waals surface area contributed by atoms with Gasteiger partial charge < -0.3 is 9.67 Å². The molecule has 0 radical (unpaired) electrons. The monoisotopic (exact) mass is 527 g/mol. The molecule has 0 atom stereocenters. The Labute approximate surface area is 222 Å². The summed E-state index contributed by atoms with van der Waals surface area (Å²) < 4.78 is 1.96. The lowest BCUT2D eigenvalue weighted by Crippen LogP contribution is -2.20. The van der Waals surface area contributed by atoms with Crippen molar-refractivity contribution in [2.75, 3.05) is 5.75 Å². The van der Waals surface area contributed by atoms with Crippen molar-refractivity contribution in [2.45, 2.75) is 71.0 Å². The van der Waals surface area contributed by atoms with Gasteiger partial charge in [-0.15, -0.1) is 10.2 Å². The van der Waals surface area contributed by atoms with E-state index in [1.165, 1.54) is 11.8 Å². The first kappa shape index (κ1) is 27.7. The lowest BCUT2D eigenvalue weighted by atomic mass is 9.78. The number of phenolic OH excluding ortho intramolecular Hbond substituents is 1. The third-order valence-corrected chi connectivity index (χ3v) is 6.84. The van der Waals surface area contributed by atoms with Crippen LogP contribution in [0.4, 0.5) is 0 Å². The summed E-state index contributed by atoms with van der Waals surface area (Å²) in [6, 6.07) is 11.2. The SMILES string of the molecule is CCn1c(SCC(=O)NN=Cc2cc(C(C)(C)C)c(O)c(C(C)(C)C)c2)nnc1-c1ccc(Cl)cc1. The van der Waals surface area contributed by atoms with E-state index < -0.39 is 0 Å². The zero-order chi connectivity index (χ0) is 26.7. The van der Waals surface area contributed by atoms with Crippen LogP contribution in [0.5, 0.6) is 5.75 Å². The maximum Gasteiger partial charge on any atom is 0.250 e. The number of carbonyl (C=O) groups is 1. The molecule has 1 amide bonds. The Hall–Kier alpha value is -2.84. The van der Waals surface area contributed by atoms with Crippen LogP contribution in [0.25, 0.3) is 11.4 Å². The lowest BCUT2D eigenvalue weighted by Gasteiger charge is -2.27. The summed E-state index contributed by atoms with van der Waals surface area (Å²) in [6.45, 7) is 15.0. The number of nitrogens with one attached hydrogen (secondary N) is 1. The zero-order valence-electron chi connectivity index (χ0n) is 21.9. The Morgan fingerprint density at radius 1 is 1.08 bits per heavy atom. The number of hydrogen-bond donors (Lipinski definition) is 2. The second-order valence-electron chi connectivity index (χ2n) is 10.6. The van der Waals surface area contributed by atoms with E-state index in [1.54, 1.807) is 6.21 Å². The fraction of sp³-hybridized carbons (Fsp3) is 0.407. The van der Waals surface area contributed by atoms with Crippen LogP contribution in [0.2, 0.25) is 5.02 Å². The van der Waals surface area contributed by atoms with Gasteiger partial charge >= 0.3 is 0 Å². The maximum absolute atomic E-state index is 12.5. The second-order valence-corrected chi connectivity index (χ2v) is 12.0. The molecule has 3 aromatic rings. The normalized spacial score (nSPS) is 12.3. The minimum Gasteiger partial charge on any atom is -0.507 e. The van der Waals surface area contributed by atoms with Crippen LogP contribution in [-0.4, -0.2) is 37.7 Å². The number of benzene rings is 2. The van der Waals surface area contributed by atoms with Crippen LogP contribution < -0.4 is 5.43 Å². The fourth-order valence-corrected chi connectivity index (χ4v) is 4.63. The number of amides is 1. The minimum absolute atomic E-state index is 0.145. The highest BCUT2D eigenvalue weighted by Gasteiger charge is 2.26. The number of hydrogen-bond acceptors (Lipinski definition) is 6. The van der Waals surface area contributed by atoms with E-state index in [1.807, 2.05) is 47.9 Å². The topological polar surface area (TPSA) is 92.4 Å². The number of thioether (sulfide) groups is 1. The molecule has 9 heteroatoms. The number of halogens is 1. The second kappa shape index (κ2) is 11.0. The molecule has 0 bridgehead atoms. The first-order valence-electron chi connectivity index (χ1n) is 11.8. The van der Waals surface area contributed by atoms with Gasteiger partial charge in [0.25, 0.3) is 5.91 Å². The van der Waals surface area contributed by atoms with E-state index in [2.05, 4.69) is 62.3 Å². The van der Waals surface area contributed by atoms with E-state index in [9.17, 15) is 9.90 Å². The molecule has 7 nitrogen and oxygen atoms in total. The predicted octanol–water partition coefficient (Wildman–Crippen LogP) is 6.16. The Kier molecular flexibility index (Phi) is 8.52. The molecule has 0 spiro atoms. The number of nitrogens with zero attached hydrogens (tertiary/aromatic N) is 4. The lowest BCUT2D eigenvalue weighted by molar-refractivity contribution is -0.118. The Morgan fingerprint density at radius 2 is 1.67 bits per heavy atom. The van der Waals surface area contributed by atoms with Crippen molar-refractivity contribution in [1.82, 2.24) is 20.2 Å². The summed E-state index contributed by atoms with van der Waals surface area (Å²) >= 11 is 7.29. The maximum atomic E-state index is 12.5. The highest BCUT2D eigenvalue weighted by Crippen LogP contribution is 2.39. The van der Waals surface area contributed by atoms with Crippen LogP contribution in [0.15, 0.2) is 46.7 Å². The molecular formula is C27H34ClN5O2S. The van der Waals surface area contributed by atoms with Gasteiger partial charge in [0.15, 0.2) is 11.0 Å². The molecule has 0 unspecified atom stereocenters. The van der Waals surface area contributed by atoms with Crippen molar-refractivity contribution < 1.29 is 9.90 Å². The largest absolute Gasteiger partial charge is 0.507 e. The molecule has 1 aromatic heterocycles. The fourth-order valence-electron chi connectivity index (χ4n) is 3.71. The quantitative estimate of drug-likeness (QED) is 0.218. The number of hydrazone groups is 1. The molecular weight excluding hydrogens is 494 g/mol. The molecule has 192 valence electrons. The summed E-state index contributed by atoms with van der Waals surface area (Å²) in [5.41, 5.74) is 5.51. The summed E-state index contributed by atoms with van der Waals surface area (Å²) in [6.07, 6.45) is 1.61.